The first-order chi connectivity index (χ1) is 8.61. The second-order valence-corrected chi connectivity index (χ2v) is 7.82. The highest BCUT2D eigenvalue weighted by Gasteiger charge is 2.44. The van der Waals surface area contributed by atoms with Crippen molar-refractivity contribution in [2.75, 3.05) is 19.4 Å². The van der Waals surface area contributed by atoms with Crippen LogP contribution in [0.2, 0.25) is 0 Å². The molecular formula is C12H15NO3S2. The van der Waals surface area contributed by atoms with Crippen LogP contribution in [0.25, 0.3) is 0 Å². The van der Waals surface area contributed by atoms with Crippen LogP contribution < -0.4 is 4.74 Å². The minimum atomic E-state index is -3.33. The van der Waals surface area contributed by atoms with Crippen LogP contribution >= 0.6 is 11.8 Å². The fourth-order valence-corrected chi connectivity index (χ4v) is 5.85. The van der Waals surface area contributed by atoms with E-state index in [1.54, 1.807) is 35.7 Å². The largest absolute Gasteiger partial charge is 0.497 e. The number of ether oxygens (including phenoxy) is 1. The van der Waals surface area contributed by atoms with Crippen LogP contribution in [0.5, 0.6) is 5.75 Å². The molecule has 18 heavy (non-hydrogen) atoms. The van der Waals surface area contributed by atoms with Crippen molar-refractivity contribution in [3.8, 4) is 5.75 Å². The molecule has 0 spiro atoms. The molecule has 2 saturated heterocycles. The highest BCUT2D eigenvalue weighted by atomic mass is 32.2. The van der Waals surface area contributed by atoms with Crippen LogP contribution in [0, 0.1) is 0 Å². The van der Waals surface area contributed by atoms with E-state index in [1.165, 1.54) is 0 Å². The van der Waals surface area contributed by atoms with E-state index in [-0.39, 0.29) is 6.04 Å². The second kappa shape index (κ2) is 4.43. The van der Waals surface area contributed by atoms with E-state index >= 15 is 0 Å². The van der Waals surface area contributed by atoms with E-state index in [1.807, 2.05) is 11.8 Å². The Morgan fingerprint density at radius 1 is 1.33 bits per heavy atom. The Balaban J connectivity index is 1.89. The Hall–Kier alpha value is -0.720. The lowest BCUT2D eigenvalue weighted by Gasteiger charge is -2.25. The minimum Gasteiger partial charge on any atom is -0.497 e. The Bertz CT molecular complexity index is 541. The lowest BCUT2D eigenvalue weighted by atomic mass is 10.3. The predicted molar refractivity (Wildman–Crippen MR) is 71.5 cm³/mol. The molecule has 2 heterocycles. The van der Waals surface area contributed by atoms with Crippen LogP contribution in [0.15, 0.2) is 29.2 Å². The van der Waals surface area contributed by atoms with Crippen molar-refractivity contribution >= 4 is 21.8 Å². The number of nitrogens with zero attached hydrogens (tertiary/aromatic N) is 1. The van der Waals surface area contributed by atoms with Gasteiger partial charge in [0.05, 0.1) is 12.0 Å². The molecule has 2 unspecified atom stereocenters. The summed E-state index contributed by atoms with van der Waals surface area (Å²) in [6.07, 6.45) is 1.00. The van der Waals surface area contributed by atoms with Crippen molar-refractivity contribution in [1.29, 1.82) is 0 Å². The van der Waals surface area contributed by atoms with Gasteiger partial charge in [-0.3, -0.25) is 0 Å². The standard InChI is InChI=1S/C12H15NO3S2/c1-16-10-2-4-12(5-3-10)18(14,15)13-7-11-6-9(13)8-17-11/h2-5,9,11H,6-8H2,1H3. The molecule has 6 heteroatoms. The maximum absolute atomic E-state index is 12.5. The summed E-state index contributed by atoms with van der Waals surface area (Å²) in [6, 6.07) is 6.80. The van der Waals surface area contributed by atoms with Gasteiger partial charge in [-0.2, -0.15) is 16.1 Å². The normalized spacial score (nSPS) is 27.6. The maximum atomic E-state index is 12.5. The third-order valence-corrected chi connectivity index (χ3v) is 6.84. The molecule has 1 aromatic carbocycles. The molecule has 0 saturated carbocycles. The van der Waals surface area contributed by atoms with Gasteiger partial charge >= 0.3 is 0 Å². The number of hydrogen-bond donors (Lipinski definition) is 0. The fraction of sp³-hybridized carbons (Fsp3) is 0.500. The van der Waals surface area contributed by atoms with Crippen LogP contribution in [0.3, 0.4) is 0 Å². The number of benzene rings is 1. The molecule has 1 aromatic rings. The monoisotopic (exact) mass is 285 g/mol. The number of thioether (sulfide) groups is 1. The summed E-state index contributed by atoms with van der Waals surface area (Å²) < 4.78 is 31.7. The lowest BCUT2D eigenvalue weighted by molar-refractivity contribution is 0.408. The van der Waals surface area contributed by atoms with Gasteiger partial charge in [-0.05, 0) is 30.7 Å². The van der Waals surface area contributed by atoms with Gasteiger partial charge in [0.1, 0.15) is 5.75 Å². The molecule has 2 aliphatic heterocycles. The molecule has 2 atom stereocenters. The Morgan fingerprint density at radius 2 is 2.06 bits per heavy atom. The Morgan fingerprint density at radius 3 is 2.56 bits per heavy atom. The van der Waals surface area contributed by atoms with Crippen LogP contribution in [0.1, 0.15) is 6.42 Å². The fourth-order valence-electron chi connectivity index (χ4n) is 2.54. The number of rotatable bonds is 3. The molecule has 2 bridgehead atoms. The number of sulfonamides is 1. The number of methoxy groups -OCH3 is 1. The molecule has 4 nitrogen and oxygen atoms in total. The van der Waals surface area contributed by atoms with E-state index in [4.69, 9.17) is 4.74 Å². The van der Waals surface area contributed by atoms with Crippen molar-refractivity contribution < 1.29 is 13.2 Å². The third-order valence-electron chi connectivity index (χ3n) is 3.52. The zero-order valence-electron chi connectivity index (χ0n) is 10.1. The van der Waals surface area contributed by atoms with Crippen molar-refractivity contribution in [3.63, 3.8) is 0 Å². The van der Waals surface area contributed by atoms with Crippen LogP contribution in [-0.4, -0.2) is 43.4 Å². The van der Waals surface area contributed by atoms with Crippen molar-refractivity contribution in [1.82, 2.24) is 4.31 Å². The average molecular weight is 285 g/mol. The van der Waals surface area contributed by atoms with Gasteiger partial charge in [0.15, 0.2) is 0 Å². The molecular weight excluding hydrogens is 270 g/mol. The van der Waals surface area contributed by atoms with E-state index < -0.39 is 10.0 Å². The summed E-state index contributed by atoms with van der Waals surface area (Å²) in [5.41, 5.74) is 0. The summed E-state index contributed by atoms with van der Waals surface area (Å²) in [7, 11) is -1.76. The molecule has 98 valence electrons. The number of hydrogen-bond acceptors (Lipinski definition) is 4. The molecule has 0 radical (unpaired) electrons. The first-order valence-corrected chi connectivity index (χ1v) is 8.37. The summed E-state index contributed by atoms with van der Waals surface area (Å²) in [6.45, 7) is 0.656. The molecule has 0 aromatic heterocycles. The second-order valence-electron chi connectivity index (χ2n) is 4.60. The van der Waals surface area contributed by atoms with Gasteiger partial charge in [-0.1, -0.05) is 0 Å². The summed E-state index contributed by atoms with van der Waals surface area (Å²) in [5.74, 6) is 1.60. The first kappa shape index (κ1) is 12.3. The van der Waals surface area contributed by atoms with Crippen molar-refractivity contribution in [3.05, 3.63) is 24.3 Å². The molecule has 2 aliphatic rings. The van der Waals surface area contributed by atoms with E-state index in [0.717, 1.165) is 12.2 Å². The van der Waals surface area contributed by atoms with Crippen molar-refractivity contribution in [2.24, 2.45) is 0 Å². The molecule has 0 N–H and O–H groups in total. The van der Waals surface area contributed by atoms with E-state index in [9.17, 15) is 8.42 Å². The summed E-state index contributed by atoms with van der Waals surface area (Å²) in [5, 5.41) is 0.489. The Kier molecular flexibility index (Phi) is 3.03. The van der Waals surface area contributed by atoms with E-state index in [0.29, 0.717) is 22.4 Å². The highest BCUT2D eigenvalue weighted by molar-refractivity contribution is 8.00. The van der Waals surface area contributed by atoms with Crippen LogP contribution in [0.4, 0.5) is 0 Å². The zero-order valence-corrected chi connectivity index (χ0v) is 11.7. The third kappa shape index (κ3) is 1.92. The number of fused-ring (bicyclic) bond motifs is 2. The average Bonchev–Trinajstić information content (AvgIpc) is 3.01. The molecule has 3 rings (SSSR count). The minimum absolute atomic E-state index is 0.187. The van der Waals surface area contributed by atoms with E-state index in [2.05, 4.69) is 0 Å². The highest BCUT2D eigenvalue weighted by Crippen LogP contribution is 2.40. The lowest BCUT2D eigenvalue weighted by Crippen LogP contribution is -2.39. The first-order valence-electron chi connectivity index (χ1n) is 5.89. The van der Waals surface area contributed by atoms with Gasteiger partial charge in [0.25, 0.3) is 0 Å². The van der Waals surface area contributed by atoms with Gasteiger partial charge in [0, 0.05) is 23.6 Å². The molecule has 2 fully saturated rings. The Labute approximate surface area is 111 Å². The zero-order chi connectivity index (χ0) is 12.8. The van der Waals surface area contributed by atoms with Crippen molar-refractivity contribution in [2.45, 2.75) is 22.6 Å². The smallest absolute Gasteiger partial charge is 0.243 e. The summed E-state index contributed by atoms with van der Waals surface area (Å²) in [4.78, 5) is 0.362. The maximum Gasteiger partial charge on any atom is 0.243 e. The van der Waals surface area contributed by atoms with Gasteiger partial charge in [-0.25, -0.2) is 8.42 Å². The van der Waals surface area contributed by atoms with Gasteiger partial charge in [-0.15, -0.1) is 0 Å². The van der Waals surface area contributed by atoms with Gasteiger partial charge in [0.2, 0.25) is 10.0 Å². The quantitative estimate of drug-likeness (QED) is 0.846. The summed E-state index contributed by atoms with van der Waals surface area (Å²) >= 11 is 1.89. The van der Waals surface area contributed by atoms with Gasteiger partial charge < -0.3 is 4.74 Å². The SMILES string of the molecule is COc1ccc(S(=O)(=O)N2CC3CC2CS3)cc1. The molecule has 0 amide bonds. The van der Waals surface area contributed by atoms with Crippen LogP contribution in [-0.2, 0) is 10.0 Å². The molecule has 0 aliphatic carbocycles. The topological polar surface area (TPSA) is 46.6 Å². The predicted octanol–water partition coefficient (Wildman–Crippen LogP) is 1.57.